The number of carbonyl (C=O) groups excluding carboxylic acids is 1. The van der Waals surface area contributed by atoms with E-state index in [1.54, 1.807) is 28.8 Å². The van der Waals surface area contributed by atoms with Crippen LogP contribution in [0.2, 0.25) is 10.0 Å². The Morgan fingerprint density at radius 1 is 1.08 bits per heavy atom. The molecule has 1 N–H and O–H groups in total. The smallest absolute Gasteiger partial charge is 0.326 e. The Balaban J connectivity index is 0.00000336. The van der Waals surface area contributed by atoms with Crippen LogP contribution in [0.25, 0.3) is 17.0 Å². The molecule has 0 saturated heterocycles. The minimum absolute atomic E-state index is 0. The van der Waals surface area contributed by atoms with E-state index in [2.05, 4.69) is 15.2 Å². The van der Waals surface area contributed by atoms with Crippen LogP contribution in [0.4, 0.5) is 18.0 Å². The normalized spacial score (nSPS) is 13.5. The molecule has 4 aromatic rings. The highest BCUT2D eigenvalue weighted by Gasteiger charge is 2.27. The molecule has 5 nitrogen and oxygen atoms in total. The van der Waals surface area contributed by atoms with Crippen molar-refractivity contribution >= 4 is 58.6 Å². The molecule has 0 atom stereocenters. The first-order valence-corrected chi connectivity index (χ1v) is 12.3. The molecule has 0 fully saturated rings. The van der Waals surface area contributed by atoms with Gasteiger partial charge in [0.05, 0.1) is 15.6 Å². The number of fused-ring (bicyclic) bond motifs is 3. The Hall–Kier alpha value is -3.04. The zero-order chi connectivity index (χ0) is 26.1. The van der Waals surface area contributed by atoms with E-state index in [1.807, 2.05) is 6.08 Å². The molecule has 38 heavy (non-hydrogen) atoms. The SMILES string of the molecule is Cl.O=C(NCc1ccnc(F)c1)n1c2c(c3cc(Cl)c(Cl)cc31)CN(C/C=C/c1ccc(F)cc1F)CC2. The fourth-order valence-electron chi connectivity index (χ4n) is 4.57. The van der Waals surface area contributed by atoms with E-state index in [0.717, 1.165) is 22.7 Å². The first kappa shape index (κ1) is 28.0. The summed E-state index contributed by atoms with van der Waals surface area (Å²) in [6.07, 6.45) is 5.37. The second-order valence-electron chi connectivity index (χ2n) is 8.74. The van der Waals surface area contributed by atoms with Crippen LogP contribution in [-0.2, 0) is 19.5 Å². The van der Waals surface area contributed by atoms with E-state index < -0.39 is 17.6 Å². The van der Waals surface area contributed by atoms with E-state index >= 15 is 0 Å². The third-order valence-electron chi connectivity index (χ3n) is 6.33. The highest BCUT2D eigenvalue weighted by Crippen LogP contribution is 2.36. The van der Waals surface area contributed by atoms with Crippen molar-refractivity contribution < 1.29 is 18.0 Å². The van der Waals surface area contributed by atoms with E-state index in [0.29, 0.717) is 52.7 Å². The maximum Gasteiger partial charge on any atom is 0.326 e. The molecule has 2 aromatic heterocycles. The molecule has 0 saturated carbocycles. The fourth-order valence-corrected chi connectivity index (χ4v) is 4.89. The predicted octanol–water partition coefficient (Wildman–Crippen LogP) is 7.01. The van der Waals surface area contributed by atoms with Crippen molar-refractivity contribution in [3.8, 4) is 0 Å². The Kier molecular flexibility index (Phi) is 8.67. The Labute approximate surface area is 233 Å². The average Bonchev–Trinajstić information content (AvgIpc) is 3.17. The first-order valence-electron chi connectivity index (χ1n) is 11.5. The first-order chi connectivity index (χ1) is 17.8. The number of halogens is 6. The van der Waals surface area contributed by atoms with Gasteiger partial charge in [-0.15, -0.1) is 12.4 Å². The molecule has 198 valence electrons. The minimum Gasteiger partial charge on any atom is -0.333 e. The maximum atomic E-state index is 13.9. The van der Waals surface area contributed by atoms with Crippen LogP contribution in [-0.4, -0.2) is 33.6 Å². The molecule has 0 spiro atoms. The maximum absolute atomic E-state index is 13.9. The lowest BCUT2D eigenvalue weighted by Crippen LogP contribution is -2.34. The van der Waals surface area contributed by atoms with E-state index in [9.17, 15) is 18.0 Å². The van der Waals surface area contributed by atoms with E-state index in [4.69, 9.17) is 23.2 Å². The van der Waals surface area contributed by atoms with E-state index in [-0.39, 0.29) is 25.0 Å². The summed E-state index contributed by atoms with van der Waals surface area (Å²) in [6, 6.07) is 9.44. The van der Waals surface area contributed by atoms with Crippen LogP contribution >= 0.6 is 35.6 Å². The number of carbonyl (C=O) groups is 1. The fraction of sp³-hybridized carbons (Fsp3) is 0.185. The summed E-state index contributed by atoms with van der Waals surface area (Å²) in [7, 11) is 0. The Bertz CT molecular complexity index is 1540. The number of hydrogen-bond acceptors (Lipinski definition) is 3. The summed E-state index contributed by atoms with van der Waals surface area (Å²) >= 11 is 12.6. The van der Waals surface area contributed by atoms with Crippen LogP contribution < -0.4 is 5.32 Å². The van der Waals surface area contributed by atoms with Gasteiger partial charge < -0.3 is 5.32 Å². The second-order valence-corrected chi connectivity index (χ2v) is 9.56. The van der Waals surface area contributed by atoms with Crippen molar-refractivity contribution in [3.63, 3.8) is 0 Å². The highest BCUT2D eigenvalue weighted by molar-refractivity contribution is 6.42. The molecule has 1 aliphatic rings. The van der Waals surface area contributed by atoms with Crippen molar-refractivity contribution in [1.29, 1.82) is 0 Å². The highest BCUT2D eigenvalue weighted by atomic mass is 35.5. The number of nitrogens with zero attached hydrogens (tertiary/aromatic N) is 3. The molecule has 1 aliphatic heterocycles. The summed E-state index contributed by atoms with van der Waals surface area (Å²) in [5, 5.41) is 4.37. The predicted molar refractivity (Wildman–Crippen MR) is 145 cm³/mol. The van der Waals surface area contributed by atoms with Crippen molar-refractivity contribution in [2.75, 3.05) is 13.1 Å². The number of amides is 1. The molecule has 0 aliphatic carbocycles. The van der Waals surface area contributed by atoms with Gasteiger partial charge in [-0.1, -0.05) is 35.4 Å². The molecule has 3 heterocycles. The monoisotopic (exact) mass is 580 g/mol. The molecule has 5 rings (SSSR count). The van der Waals surface area contributed by atoms with Crippen molar-refractivity contribution in [3.05, 3.63) is 105 Å². The van der Waals surface area contributed by atoms with Gasteiger partial charge >= 0.3 is 6.03 Å². The van der Waals surface area contributed by atoms with Gasteiger partial charge in [0.2, 0.25) is 5.95 Å². The topological polar surface area (TPSA) is 50.2 Å². The van der Waals surface area contributed by atoms with Gasteiger partial charge in [0.15, 0.2) is 0 Å². The molecule has 0 radical (unpaired) electrons. The van der Waals surface area contributed by atoms with Crippen molar-refractivity contribution in [1.82, 2.24) is 19.8 Å². The lowest BCUT2D eigenvalue weighted by molar-refractivity contribution is 0.240. The van der Waals surface area contributed by atoms with Crippen LogP contribution in [0.5, 0.6) is 0 Å². The molecule has 2 aromatic carbocycles. The van der Waals surface area contributed by atoms with Crippen LogP contribution in [0.1, 0.15) is 22.4 Å². The van der Waals surface area contributed by atoms with Crippen molar-refractivity contribution in [2.24, 2.45) is 0 Å². The molecular weight excluding hydrogens is 560 g/mol. The zero-order valence-corrected chi connectivity index (χ0v) is 22.2. The molecule has 0 bridgehead atoms. The number of aromatic nitrogens is 2. The quantitative estimate of drug-likeness (QED) is 0.258. The Morgan fingerprint density at radius 2 is 1.87 bits per heavy atom. The third-order valence-corrected chi connectivity index (χ3v) is 7.05. The summed E-state index contributed by atoms with van der Waals surface area (Å²) < 4.78 is 42.1. The Morgan fingerprint density at radius 3 is 2.63 bits per heavy atom. The lowest BCUT2D eigenvalue weighted by Gasteiger charge is -2.27. The van der Waals surface area contributed by atoms with Gasteiger partial charge in [0.1, 0.15) is 11.6 Å². The summed E-state index contributed by atoms with van der Waals surface area (Å²) in [6.45, 7) is 1.86. The third kappa shape index (κ3) is 5.83. The summed E-state index contributed by atoms with van der Waals surface area (Å²) in [5.41, 5.74) is 3.32. The zero-order valence-electron chi connectivity index (χ0n) is 19.9. The van der Waals surface area contributed by atoms with E-state index in [1.165, 1.54) is 24.4 Å². The van der Waals surface area contributed by atoms with Gasteiger partial charge in [-0.25, -0.2) is 18.6 Å². The molecule has 0 unspecified atom stereocenters. The summed E-state index contributed by atoms with van der Waals surface area (Å²) in [5.74, 6) is -1.86. The molecule has 11 heteroatoms. The van der Waals surface area contributed by atoms with Gasteiger partial charge in [-0.2, -0.15) is 4.39 Å². The lowest BCUT2D eigenvalue weighted by atomic mass is 10.0. The number of nitrogens with one attached hydrogen (secondary N) is 1. The molecular formula is C27H22Cl3F3N4O. The number of hydrogen-bond donors (Lipinski definition) is 1. The van der Waals surface area contributed by atoms with Crippen LogP contribution in [0.3, 0.4) is 0 Å². The van der Waals surface area contributed by atoms with Crippen LogP contribution in [0, 0.1) is 17.6 Å². The number of rotatable bonds is 5. The van der Waals surface area contributed by atoms with Gasteiger partial charge in [-0.3, -0.25) is 9.47 Å². The minimum atomic E-state index is -0.620. The largest absolute Gasteiger partial charge is 0.333 e. The number of pyridine rings is 1. The van der Waals surface area contributed by atoms with Gasteiger partial charge in [0, 0.05) is 61.5 Å². The van der Waals surface area contributed by atoms with Crippen molar-refractivity contribution in [2.45, 2.75) is 19.5 Å². The molecule has 1 amide bonds. The summed E-state index contributed by atoms with van der Waals surface area (Å²) in [4.78, 5) is 19.0. The standard InChI is InChI=1S/C27H21Cl2F3N4O.ClH/c28-21-12-19-20-15-35(8-1-2-17-3-4-18(30)11-23(17)31)9-6-24(20)36(25(19)13-22(21)29)27(37)34-14-16-5-7-33-26(32)10-16;/h1-5,7,10-13H,6,8-9,14-15H2,(H,34,37);1H/b2-1+;. The van der Waals surface area contributed by atoms with Gasteiger partial charge in [-0.05, 0) is 47.5 Å². The van der Waals surface area contributed by atoms with Crippen LogP contribution in [0.15, 0.2) is 54.7 Å². The van der Waals surface area contributed by atoms with Gasteiger partial charge in [0.25, 0.3) is 0 Å². The number of benzene rings is 2. The average molecular weight is 582 g/mol. The second kappa shape index (κ2) is 11.8.